The lowest BCUT2D eigenvalue weighted by atomic mass is 10.0. The van der Waals surface area contributed by atoms with E-state index in [2.05, 4.69) is 0 Å². The van der Waals surface area contributed by atoms with Crippen molar-refractivity contribution in [1.82, 2.24) is 0 Å². The summed E-state index contributed by atoms with van der Waals surface area (Å²) in [5, 5.41) is 9.33. The van der Waals surface area contributed by atoms with Crippen molar-refractivity contribution in [2.75, 3.05) is 0 Å². The van der Waals surface area contributed by atoms with Crippen molar-refractivity contribution in [3.63, 3.8) is 0 Å². The van der Waals surface area contributed by atoms with Crippen LogP contribution in [0.4, 0.5) is 0 Å². The minimum absolute atomic E-state index is 0. The van der Waals surface area contributed by atoms with E-state index < -0.39 is 0 Å². The van der Waals surface area contributed by atoms with Crippen LogP contribution in [0.2, 0.25) is 0 Å². The molecule has 0 bridgehead atoms. The van der Waals surface area contributed by atoms with E-state index >= 15 is 0 Å². The molecule has 0 aliphatic carbocycles. The summed E-state index contributed by atoms with van der Waals surface area (Å²) < 4.78 is 1.77. The number of Topliss-reactive ketones (excluding diaryl/α,β-unsaturated/α-hetero) is 1. The van der Waals surface area contributed by atoms with Crippen LogP contribution in [0.1, 0.15) is 16.1 Å². The number of carbonyl (C=O) groups is 1. The monoisotopic (exact) mass is 383 g/mol. The zero-order valence-electron chi connectivity index (χ0n) is 13.1. The van der Waals surface area contributed by atoms with Crippen molar-refractivity contribution in [3.05, 3.63) is 90.3 Å². The van der Waals surface area contributed by atoms with Crippen molar-refractivity contribution in [3.8, 4) is 11.1 Å². The molecule has 0 aliphatic rings. The van der Waals surface area contributed by atoms with Gasteiger partial charge < -0.3 is 22.1 Å². The second-order valence-electron chi connectivity index (χ2n) is 5.34. The van der Waals surface area contributed by atoms with Gasteiger partial charge in [-0.15, -0.1) is 0 Å². The van der Waals surface area contributed by atoms with E-state index in [-0.39, 0.29) is 35.9 Å². The fourth-order valence-corrected chi connectivity index (χ4v) is 2.53. The van der Waals surface area contributed by atoms with Crippen LogP contribution < -0.4 is 21.5 Å². The van der Waals surface area contributed by atoms with Gasteiger partial charge >= 0.3 is 0 Å². The quantitative estimate of drug-likeness (QED) is 0.498. The van der Waals surface area contributed by atoms with Crippen LogP contribution in [0.25, 0.3) is 11.1 Å². The predicted molar refractivity (Wildman–Crippen MR) is 88.8 cm³/mol. The summed E-state index contributed by atoms with van der Waals surface area (Å²) in [4.78, 5) is 12.4. The molecule has 1 N–H and O–H groups in total. The van der Waals surface area contributed by atoms with Gasteiger partial charge in [0.05, 0.1) is 0 Å². The Bertz CT molecular complexity index is 801. The maximum Gasteiger partial charge on any atom is 0.227 e. The number of aliphatic hydroxyl groups excluding tert-OH is 1. The molecule has 0 saturated carbocycles. The van der Waals surface area contributed by atoms with Gasteiger partial charge in [0.15, 0.2) is 6.20 Å². The van der Waals surface area contributed by atoms with Crippen molar-refractivity contribution in [1.29, 1.82) is 0 Å². The Kier molecular flexibility index (Phi) is 6.41. The summed E-state index contributed by atoms with van der Waals surface area (Å²) in [6.07, 6.45) is 1.81. The first-order valence-corrected chi connectivity index (χ1v) is 7.55. The minimum atomic E-state index is -0.0823. The Labute approximate surface area is 152 Å². The average molecular weight is 384 g/mol. The highest BCUT2D eigenvalue weighted by Gasteiger charge is 2.15. The van der Waals surface area contributed by atoms with Gasteiger partial charge in [0.2, 0.25) is 18.0 Å². The first-order valence-electron chi connectivity index (χ1n) is 7.55. The number of nitrogens with zero attached hydrogens (tertiary/aromatic N) is 1. The number of aromatic nitrogens is 1. The molecule has 0 saturated heterocycles. The largest absolute Gasteiger partial charge is 1.00 e. The summed E-state index contributed by atoms with van der Waals surface area (Å²) >= 11 is 0. The standard InChI is InChI=1S/C20H18NO2.BrH/c22-15-19-8-4-5-13-21(19)14-20(23)18-11-9-17(10-12-18)16-6-2-1-3-7-16;/h1-13,22H,14-15H2;1H/q+1;/p-1. The van der Waals surface area contributed by atoms with Gasteiger partial charge in [-0.2, -0.15) is 4.57 Å². The van der Waals surface area contributed by atoms with Crippen molar-refractivity contribution in [2.45, 2.75) is 13.2 Å². The number of halogens is 1. The molecule has 0 atom stereocenters. The molecule has 3 aromatic rings. The summed E-state index contributed by atoms with van der Waals surface area (Å²) in [5.41, 5.74) is 3.61. The lowest BCUT2D eigenvalue weighted by Crippen LogP contribution is -3.00. The zero-order chi connectivity index (χ0) is 16.1. The number of hydrogen-bond donors (Lipinski definition) is 1. The first-order chi connectivity index (χ1) is 11.3. The Morgan fingerprint density at radius 2 is 1.46 bits per heavy atom. The van der Waals surface area contributed by atoms with Crippen LogP contribution in [0.5, 0.6) is 0 Å². The molecule has 0 fully saturated rings. The van der Waals surface area contributed by atoms with E-state index in [9.17, 15) is 9.90 Å². The molecule has 1 heterocycles. The Hall–Kier alpha value is -2.30. The number of pyridine rings is 1. The van der Waals surface area contributed by atoms with Crippen LogP contribution in [-0.4, -0.2) is 10.9 Å². The third-order valence-corrected chi connectivity index (χ3v) is 3.82. The fourth-order valence-electron chi connectivity index (χ4n) is 2.53. The average Bonchev–Trinajstić information content (AvgIpc) is 2.63. The first kappa shape index (κ1) is 18.0. The molecule has 0 unspecified atom stereocenters. The Morgan fingerprint density at radius 1 is 0.833 bits per heavy atom. The molecule has 1 aromatic heterocycles. The van der Waals surface area contributed by atoms with Crippen molar-refractivity contribution >= 4 is 5.78 Å². The SMILES string of the molecule is O=C(C[n+]1ccccc1CO)c1ccc(-c2ccccc2)cc1.[Br-]. The molecule has 3 rings (SSSR count). The van der Waals surface area contributed by atoms with Gasteiger partial charge in [0, 0.05) is 17.7 Å². The van der Waals surface area contributed by atoms with E-state index in [1.165, 1.54) is 0 Å². The highest BCUT2D eigenvalue weighted by molar-refractivity contribution is 5.95. The number of rotatable bonds is 5. The van der Waals surface area contributed by atoms with E-state index in [0.29, 0.717) is 5.56 Å². The van der Waals surface area contributed by atoms with E-state index in [1.54, 1.807) is 4.57 Å². The maximum atomic E-state index is 12.4. The summed E-state index contributed by atoms with van der Waals surface area (Å²) in [6, 6.07) is 23.2. The number of aliphatic hydroxyl groups is 1. The van der Waals surface area contributed by atoms with Gasteiger partial charge in [0.1, 0.15) is 6.61 Å². The number of benzene rings is 2. The molecule has 122 valence electrons. The molecule has 0 spiro atoms. The van der Waals surface area contributed by atoms with Crippen LogP contribution in [-0.2, 0) is 13.2 Å². The number of ketones is 1. The zero-order valence-corrected chi connectivity index (χ0v) is 14.7. The van der Waals surface area contributed by atoms with Gasteiger partial charge in [-0.1, -0.05) is 60.7 Å². The highest BCUT2D eigenvalue weighted by Crippen LogP contribution is 2.19. The molecule has 0 aliphatic heterocycles. The molecule has 4 heteroatoms. The van der Waals surface area contributed by atoms with Crippen molar-refractivity contribution < 1.29 is 31.4 Å². The summed E-state index contributed by atoms with van der Waals surface area (Å²) in [5.74, 6) is 0.0236. The van der Waals surface area contributed by atoms with Gasteiger partial charge in [0.25, 0.3) is 0 Å². The van der Waals surface area contributed by atoms with Crippen LogP contribution >= 0.6 is 0 Å². The second kappa shape index (κ2) is 8.52. The molecule has 0 radical (unpaired) electrons. The van der Waals surface area contributed by atoms with Crippen molar-refractivity contribution in [2.24, 2.45) is 0 Å². The molecule has 2 aromatic carbocycles. The van der Waals surface area contributed by atoms with Crippen LogP contribution in [0, 0.1) is 0 Å². The van der Waals surface area contributed by atoms with E-state index in [0.717, 1.165) is 16.8 Å². The molecular weight excluding hydrogens is 366 g/mol. The third kappa shape index (κ3) is 4.16. The summed E-state index contributed by atoms with van der Waals surface area (Å²) in [7, 11) is 0. The van der Waals surface area contributed by atoms with Gasteiger partial charge in [-0.25, -0.2) is 0 Å². The normalized spacial score (nSPS) is 10.0. The molecule has 0 amide bonds. The Morgan fingerprint density at radius 3 is 2.12 bits per heavy atom. The minimum Gasteiger partial charge on any atom is -1.00 e. The predicted octanol–water partition coefficient (Wildman–Crippen LogP) is 0.0203. The van der Waals surface area contributed by atoms with Gasteiger partial charge in [-0.3, -0.25) is 4.79 Å². The summed E-state index contributed by atoms with van der Waals surface area (Å²) in [6.45, 7) is 0.141. The van der Waals surface area contributed by atoms with Crippen LogP contribution in [0.15, 0.2) is 79.0 Å². The molecule has 3 nitrogen and oxygen atoms in total. The Balaban J connectivity index is 0.00000208. The fraction of sp³-hybridized carbons (Fsp3) is 0.100. The highest BCUT2D eigenvalue weighted by atomic mass is 79.9. The molecular formula is C20H18BrNO2. The lowest BCUT2D eigenvalue weighted by molar-refractivity contribution is -0.692. The number of hydrogen-bond acceptors (Lipinski definition) is 2. The van der Waals surface area contributed by atoms with Gasteiger partial charge in [-0.05, 0) is 11.1 Å². The topological polar surface area (TPSA) is 41.2 Å². The molecule has 24 heavy (non-hydrogen) atoms. The van der Waals surface area contributed by atoms with E-state index in [4.69, 9.17) is 0 Å². The number of carbonyl (C=O) groups excluding carboxylic acids is 1. The smallest absolute Gasteiger partial charge is 0.227 e. The maximum absolute atomic E-state index is 12.4. The van der Waals surface area contributed by atoms with Crippen LogP contribution in [0.3, 0.4) is 0 Å². The third-order valence-electron chi connectivity index (χ3n) is 3.82. The lowest BCUT2D eigenvalue weighted by Gasteiger charge is -2.04. The van der Waals surface area contributed by atoms with E-state index in [1.807, 2.05) is 79.0 Å². The second-order valence-corrected chi connectivity index (χ2v) is 5.34.